The highest BCUT2D eigenvalue weighted by atomic mass is 79.9. The summed E-state index contributed by atoms with van der Waals surface area (Å²) in [6.07, 6.45) is 1.78. The Bertz CT molecular complexity index is 555. The van der Waals surface area contributed by atoms with Gasteiger partial charge in [0.05, 0.1) is 10.7 Å². The van der Waals surface area contributed by atoms with Gasteiger partial charge < -0.3 is 5.32 Å². The number of hydrogen-bond acceptors (Lipinski definition) is 2. The number of aryl methyl sites for hydroxylation is 2. The molecule has 0 aliphatic heterocycles. The SMILES string of the molecule is Cc1ccc(Cl)c(Nc2cc(C)c(Br)cn2)c1. The molecule has 0 aliphatic rings. The Morgan fingerprint density at radius 3 is 2.71 bits per heavy atom. The van der Waals surface area contributed by atoms with Gasteiger partial charge in [0.15, 0.2) is 0 Å². The van der Waals surface area contributed by atoms with Crippen molar-refractivity contribution in [2.75, 3.05) is 5.32 Å². The van der Waals surface area contributed by atoms with Gasteiger partial charge in [-0.25, -0.2) is 4.98 Å². The molecule has 4 heteroatoms. The van der Waals surface area contributed by atoms with Crippen LogP contribution in [-0.2, 0) is 0 Å². The molecule has 88 valence electrons. The third kappa shape index (κ3) is 2.99. The minimum absolute atomic E-state index is 0.693. The van der Waals surface area contributed by atoms with Crippen molar-refractivity contribution in [2.24, 2.45) is 0 Å². The van der Waals surface area contributed by atoms with Gasteiger partial charge in [-0.1, -0.05) is 17.7 Å². The second kappa shape index (κ2) is 5.07. The minimum Gasteiger partial charge on any atom is -0.339 e. The average molecular weight is 312 g/mol. The standard InChI is InChI=1S/C13H12BrClN2/c1-8-3-4-11(15)12(5-8)17-13-6-9(2)10(14)7-16-13/h3-7H,1-2H3,(H,16,17). The molecule has 0 spiro atoms. The molecule has 17 heavy (non-hydrogen) atoms. The van der Waals surface area contributed by atoms with E-state index in [-0.39, 0.29) is 0 Å². The van der Waals surface area contributed by atoms with Crippen LogP contribution in [0.25, 0.3) is 0 Å². The predicted octanol–water partition coefficient (Wildman–Crippen LogP) is 4.86. The van der Waals surface area contributed by atoms with Gasteiger partial charge in [-0.15, -0.1) is 0 Å². The van der Waals surface area contributed by atoms with E-state index in [1.54, 1.807) is 6.20 Å². The van der Waals surface area contributed by atoms with Crippen molar-refractivity contribution >= 4 is 39.0 Å². The van der Waals surface area contributed by atoms with Gasteiger partial charge in [0.1, 0.15) is 5.82 Å². The van der Waals surface area contributed by atoms with Crippen LogP contribution >= 0.6 is 27.5 Å². The number of pyridine rings is 1. The first kappa shape index (κ1) is 12.4. The van der Waals surface area contributed by atoms with Crippen LogP contribution in [0.4, 0.5) is 11.5 Å². The zero-order valence-corrected chi connectivity index (χ0v) is 11.9. The Morgan fingerprint density at radius 2 is 2.00 bits per heavy atom. The van der Waals surface area contributed by atoms with Crippen LogP contribution in [0.2, 0.25) is 5.02 Å². The molecular formula is C13H12BrClN2. The van der Waals surface area contributed by atoms with E-state index >= 15 is 0 Å². The van der Waals surface area contributed by atoms with Crippen molar-refractivity contribution in [1.82, 2.24) is 4.98 Å². The number of nitrogens with zero attached hydrogens (tertiary/aromatic N) is 1. The fourth-order valence-electron chi connectivity index (χ4n) is 1.48. The Labute approximate surface area is 114 Å². The molecule has 0 saturated heterocycles. The van der Waals surface area contributed by atoms with Gasteiger partial charge in [-0.05, 0) is 59.1 Å². The molecule has 0 bridgehead atoms. The minimum atomic E-state index is 0.693. The van der Waals surface area contributed by atoms with Gasteiger partial charge in [-0.3, -0.25) is 0 Å². The molecule has 1 aromatic carbocycles. The third-order valence-corrected chi connectivity index (χ3v) is 3.59. The topological polar surface area (TPSA) is 24.9 Å². The van der Waals surface area contributed by atoms with Crippen LogP contribution < -0.4 is 5.32 Å². The summed E-state index contributed by atoms with van der Waals surface area (Å²) in [5.41, 5.74) is 3.16. The quantitative estimate of drug-likeness (QED) is 0.857. The second-order valence-electron chi connectivity index (χ2n) is 3.93. The van der Waals surface area contributed by atoms with E-state index < -0.39 is 0 Å². The molecule has 2 nitrogen and oxygen atoms in total. The molecule has 0 unspecified atom stereocenters. The van der Waals surface area contributed by atoms with Gasteiger partial charge in [0.2, 0.25) is 0 Å². The maximum Gasteiger partial charge on any atom is 0.130 e. The third-order valence-electron chi connectivity index (χ3n) is 2.43. The van der Waals surface area contributed by atoms with Crippen LogP contribution in [0.3, 0.4) is 0 Å². The van der Waals surface area contributed by atoms with Crippen LogP contribution in [0, 0.1) is 13.8 Å². The lowest BCUT2D eigenvalue weighted by Crippen LogP contribution is -1.95. The average Bonchev–Trinajstić information content (AvgIpc) is 2.29. The fraction of sp³-hybridized carbons (Fsp3) is 0.154. The number of hydrogen-bond donors (Lipinski definition) is 1. The zero-order chi connectivity index (χ0) is 12.4. The fourth-order valence-corrected chi connectivity index (χ4v) is 1.86. The van der Waals surface area contributed by atoms with E-state index in [4.69, 9.17) is 11.6 Å². The lowest BCUT2D eigenvalue weighted by atomic mass is 10.2. The molecule has 2 rings (SSSR count). The summed E-state index contributed by atoms with van der Waals surface area (Å²) >= 11 is 9.54. The Morgan fingerprint density at radius 1 is 1.24 bits per heavy atom. The highest BCUT2D eigenvalue weighted by Gasteiger charge is 2.03. The molecule has 0 radical (unpaired) electrons. The van der Waals surface area contributed by atoms with E-state index in [2.05, 4.69) is 26.2 Å². The molecule has 2 aromatic rings. The number of anilines is 2. The van der Waals surface area contributed by atoms with E-state index in [1.807, 2.05) is 38.1 Å². The first-order valence-corrected chi connectivity index (χ1v) is 6.38. The summed E-state index contributed by atoms with van der Waals surface area (Å²) in [4.78, 5) is 4.29. The Kier molecular flexibility index (Phi) is 3.69. The normalized spacial score (nSPS) is 10.4. The number of rotatable bonds is 2. The Balaban J connectivity index is 2.31. The largest absolute Gasteiger partial charge is 0.339 e. The van der Waals surface area contributed by atoms with Crippen LogP contribution in [0.5, 0.6) is 0 Å². The first-order chi connectivity index (χ1) is 8.06. The predicted molar refractivity (Wildman–Crippen MR) is 76.1 cm³/mol. The second-order valence-corrected chi connectivity index (χ2v) is 5.19. The molecule has 0 amide bonds. The van der Waals surface area contributed by atoms with Crippen molar-refractivity contribution in [2.45, 2.75) is 13.8 Å². The van der Waals surface area contributed by atoms with E-state index in [0.717, 1.165) is 27.1 Å². The molecule has 0 saturated carbocycles. The Hall–Kier alpha value is -1.06. The first-order valence-electron chi connectivity index (χ1n) is 5.21. The molecule has 0 atom stereocenters. The molecule has 1 N–H and O–H groups in total. The van der Waals surface area contributed by atoms with E-state index in [0.29, 0.717) is 5.02 Å². The van der Waals surface area contributed by atoms with Crippen molar-refractivity contribution in [1.29, 1.82) is 0 Å². The summed E-state index contributed by atoms with van der Waals surface area (Å²) in [6, 6.07) is 7.84. The summed E-state index contributed by atoms with van der Waals surface area (Å²) in [5.74, 6) is 0.790. The highest BCUT2D eigenvalue weighted by Crippen LogP contribution is 2.26. The van der Waals surface area contributed by atoms with E-state index in [1.165, 1.54) is 0 Å². The van der Waals surface area contributed by atoms with E-state index in [9.17, 15) is 0 Å². The summed E-state index contributed by atoms with van der Waals surface area (Å²) in [7, 11) is 0. The van der Waals surface area contributed by atoms with Gasteiger partial charge in [-0.2, -0.15) is 0 Å². The van der Waals surface area contributed by atoms with Crippen molar-refractivity contribution in [3.63, 3.8) is 0 Å². The number of benzene rings is 1. The van der Waals surface area contributed by atoms with Gasteiger partial charge >= 0.3 is 0 Å². The molecule has 1 aromatic heterocycles. The monoisotopic (exact) mass is 310 g/mol. The van der Waals surface area contributed by atoms with Crippen molar-refractivity contribution in [3.05, 3.63) is 51.1 Å². The van der Waals surface area contributed by atoms with Crippen LogP contribution in [-0.4, -0.2) is 4.98 Å². The lowest BCUT2D eigenvalue weighted by Gasteiger charge is -2.09. The lowest BCUT2D eigenvalue weighted by molar-refractivity contribution is 1.25. The molecule has 0 aliphatic carbocycles. The van der Waals surface area contributed by atoms with Gasteiger partial charge in [0, 0.05) is 10.7 Å². The summed E-state index contributed by atoms with van der Waals surface area (Å²) < 4.78 is 0.999. The van der Waals surface area contributed by atoms with Crippen molar-refractivity contribution in [3.8, 4) is 0 Å². The number of halogens is 2. The summed E-state index contributed by atoms with van der Waals surface area (Å²) in [5, 5.41) is 3.91. The molecule has 1 heterocycles. The molecular weight excluding hydrogens is 300 g/mol. The molecule has 0 fully saturated rings. The van der Waals surface area contributed by atoms with Crippen LogP contribution in [0.15, 0.2) is 34.9 Å². The maximum atomic E-state index is 6.12. The zero-order valence-electron chi connectivity index (χ0n) is 9.59. The number of nitrogens with one attached hydrogen (secondary N) is 1. The number of aromatic nitrogens is 1. The smallest absolute Gasteiger partial charge is 0.130 e. The maximum absolute atomic E-state index is 6.12. The highest BCUT2D eigenvalue weighted by molar-refractivity contribution is 9.10. The van der Waals surface area contributed by atoms with Gasteiger partial charge in [0.25, 0.3) is 0 Å². The summed E-state index contributed by atoms with van der Waals surface area (Å²) in [6.45, 7) is 4.05. The van der Waals surface area contributed by atoms with Crippen LogP contribution in [0.1, 0.15) is 11.1 Å². The van der Waals surface area contributed by atoms with Crippen molar-refractivity contribution < 1.29 is 0 Å².